The monoisotopic (exact) mass is 262 g/mol. The first kappa shape index (κ1) is 14.2. The predicted octanol–water partition coefficient (Wildman–Crippen LogP) is 3.58. The molecule has 0 aromatic heterocycles. The molecule has 1 aromatic rings. The second kappa shape index (κ2) is 5.66. The summed E-state index contributed by atoms with van der Waals surface area (Å²) in [5, 5.41) is 0. The van der Waals surface area contributed by atoms with E-state index in [0.29, 0.717) is 6.08 Å². The van der Waals surface area contributed by atoms with Crippen LogP contribution in [0.5, 0.6) is 0 Å². The molecule has 18 heavy (non-hydrogen) atoms. The van der Waals surface area contributed by atoms with E-state index in [0.717, 1.165) is 18.2 Å². The van der Waals surface area contributed by atoms with E-state index in [1.165, 1.54) is 13.0 Å². The third-order valence-electron chi connectivity index (χ3n) is 1.98. The molecule has 0 saturated carbocycles. The summed E-state index contributed by atoms with van der Waals surface area (Å²) in [6, 6.07) is 4.00. The van der Waals surface area contributed by atoms with E-state index in [2.05, 4.69) is 4.74 Å². The molecule has 1 rings (SSSR count). The van der Waals surface area contributed by atoms with Crippen molar-refractivity contribution in [2.75, 3.05) is 6.61 Å². The molecule has 0 spiro atoms. The summed E-state index contributed by atoms with van der Waals surface area (Å²) in [5.41, 5.74) is -0.969. The molecule has 0 N–H and O–H groups in total. The fourth-order valence-electron chi connectivity index (χ4n) is 1.21. The first-order valence-electron chi connectivity index (χ1n) is 5.06. The Morgan fingerprint density at radius 3 is 2.61 bits per heavy atom. The van der Waals surface area contributed by atoms with Crippen molar-refractivity contribution in [2.45, 2.75) is 13.1 Å². The van der Waals surface area contributed by atoms with E-state index < -0.39 is 23.5 Å². The summed E-state index contributed by atoms with van der Waals surface area (Å²) in [6.07, 6.45) is -3.81. The largest absolute Gasteiger partial charge is 0.461 e. The summed E-state index contributed by atoms with van der Waals surface area (Å²) in [6.45, 7) is 1.48. The van der Waals surface area contributed by atoms with Gasteiger partial charge in [-0.3, -0.25) is 0 Å². The number of carbonyl (C=O) groups is 1. The molecule has 2 nitrogen and oxygen atoms in total. The molecular formula is C12H10F4O2. The van der Waals surface area contributed by atoms with E-state index >= 15 is 0 Å². The van der Waals surface area contributed by atoms with Gasteiger partial charge in [-0.15, -0.1) is 0 Å². The van der Waals surface area contributed by atoms with E-state index in [4.69, 9.17) is 0 Å². The number of alkyl halides is 3. The molecule has 0 aliphatic rings. The summed E-state index contributed by atoms with van der Waals surface area (Å²) < 4.78 is 54.7. The van der Waals surface area contributed by atoms with Gasteiger partial charge in [-0.25, -0.2) is 4.79 Å². The zero-order valence-corrected chi connectivity index (χ0v) is 9.42. The Hall–Kier alpha value is -1.85. The van der Waals surface area contributed by atoms with Crippen molar-refractivity contribution in [3.8, 4) is 0 Å². The summed E-state index contributed by atoms with van der Waals surface area (Å²) in [5.74, 6) is -2.44. The quantitative estimate of drug-likeness (QED) is 0.473. The van der Waals surface area contributed by atoms with Crippen LogP contribution < -0.4 is 0 Å². The molecule has 0 heterocycles. The van der Waals surface area contributed by atoms with Crippen molar-refractivity contribution in [2.24, 2.45) is 0 Å². The van der Waals surface area contributed by atoms with Gasteiger partial charge in [0.15, 0.2) is 0 Å². The van der Waals surface area contributed by atoms with Crippen LogP contribution in [0.4, 0.5) is 17.6 Å². The van der Waals surface area contributed by atoms with Crippen LogP contribution in [0.3, 0.4) is 0 Å². The van der Waals surface area contributed by atoms with Crippen LogP contribution in [-0.2, 0) is 15.7 Å². The highest BCUT2D eigenvalue weighted by atomic mass is 19.4. The van der Waals surface area contributed by atoms with Crippen LogP contribution in [0.25, 0.3) is 6.08 Å². The van der Waals surface area contributed by atoms with Crippen molar-refractivity contribution in [1.82, 2.24) is 0 Å². The molecule has 0 aliphatic heterocycles. The molecule has 6 heteroatoms. The number of rotatable bonds is 3. The number of ether oxygens (including phenoxy) is 1. The maximum atomic E-state index is 13.2. The fraction of sp³-hybridized carbons (Fsp3) is 0.250. The molecule has 0 fully saturated rings. The zero-order valence-electron chi connectivity index (χ0n) is 9.42. The maximum Gasteiger partial charge on any atom is 0.416 e. The van der Waals surface area contributed by atoms with Gasteiger partial charge < -0.3 is 4.74 Å². The topological polar surface area (TPSA) is 26.3 Å². The Bertz CT molecular complexity index is 463. The number of hydrogen-bond donors (Lipinski definition) is 0. The number of benzene rings is 1. The van der Waals surface area contributed by atoms with Gasteiger partial charge >= 0.3 is 12.1 Å². The first-order valence-corrected chi connectivity index (χ1v) is 5.06. The van der Waals surface area contributed by atoms with E-state index in [1.54, 1.807) is 0 Å². The highest BCUT2D eigenvalue weighted by molar-refractivity contribution is 5.91. The molecule has 0 atom stereocenters. The van der Waals surface area contributed by atoms with Crippen molar-refractivity contribution >= 4 is 12.0 Å². The number of hydrogen-bond acceptors (Lipinski definition) is 2. The molecule has 0 unspecified atom stereocenters. The van der Waals surface area contributed by atoms with Crippen LogP contribution >= 0.6 is 0 Å². The van der Waals surface area contributed by atoms with Gasteiger partial charge in [0, 0.05) is 0 Å². The average Bonchev–Trinajstić information content (AvgIpc) is 2.28. The fourth-order valence-corrected chi connectivity index (χ4v) is 1.21. The Morgan fingerprint density at radius 2 is 2.06 bits per heavy atom. The molecule has 98 valence electrons. The lowest BCUT2D eigenvalue weighted by Gasteiger charge is -2.06. The smallest absolute Gasteiger partial charge is 0.416 e. The van der Waals surface area contributed by atoms with E-state index in [1.807, 2.05) is 0 Å². The molecule has 0 bridgehead atoms. The molecule has 0 aliphatic carbocycles. The Balaban J connectivity index is 2.98. The van der Waals surface area contributed by atoms with Crippen molar-refractivity contribution in [1.29, 1.82) is 0 Å². The minimum Gasteiger partial charge on any atom is -0.461 e. The summed E-state index contributed by atoms with van der Waals surface area (Å²) in [4.78, 5) is 10.9. The Morgan fingerprint density at radius 1 is 1.39 bits per heavy atom. The zero-order chi connectivity index (χ0) is 13.8. The van der Waals surface area contributed by atoms with Crippen LogP contribution in [0.15, 0.2) is 30.1 Å². The van der Waals surface area contributed by atoms with Crippen LogP contribution in [0.1, 0.15) is 18.1 Å². The van der Waals surface area contributed by atoms with Crippen LogP contribution in [0, 0.1) is 0 Å². The lowest BCUT2D eigenvalue weighted by Crippen LogP contribution is -2.05. The number of esters is 1. The van der Waals surface area contributed by atoms with Crippen molar-refractivity contribution in [3.05, 3.63) is 41.2 Å². The Labute approximate surface area is 101 Å². The molecule has 0 saturated heterocycles. The first-order chi connectivity index (χ1) is 8.34. The highest BCUT2D eigenvalue weighted by Gasteiger charge is 2.30. The Kier molecular flexibility index (Phi) is 4.47. The van der Waals surface area contributed by atoms with E-state index in [-0.39, 0.29) is 12.2 Å². The van der Waals surface area contributed by atoms with Gasteiger partial charge in [0.05, 0.1) is 12.2 Å². The minimum atomic E-state index is -4.51. The molecular weight excluding hydrogens is 252 g/mol. The lowest BCUT2D eigenvalue weighted by molar-refractivity contribution is -0.140. The lowest BCUT2D eigenvalue weighted by atomic mass is 10.1. The van der Waals surface area contributed by atoms with Gasteiger partial charge in [0.1, 0.15) is 0 Å². The standard InChI is InChI=1S/C12H10F4O2/c1-2-18-11(17)10(13)7-8-4-3-5-9(6-8)12(14,15)16/h3-7H,2H2,1H3/b10-7-. The summed E-state index contributed by atoms with van der Waals surface area (Å²) >= 11 is 0. The van der Waals surface area contributed by atoms with Gasteiger partial charge in [0.25, 0.3) is 0 Å². The second-order valence-corrected chi connectivity index (χ2v) is 3.34. The van der Waals surface area contributed by atoms with Crippen molar-refractivity contribution < 1.29 is 27.1 Å². The normalized spacial score (nSPS) is 12.4. The van der Waals surface area contributed by atoms with Gasteiger partial charge in [-0.05, 0) is 30.7 Å². The summed E-state index contributed by atoms with van der Waals surface area (Å²) in [7, 11) is 0. The predicted molar refractivity (Wildman–Crippen MR) is 57.2 cm³/mol. The van der Waals surface area contributed by atoms with E-state index in [9.17, 15) is 22.4 Å². The number of halogens is 4. The third kappa shape index (κ3) is 3.87. The molecule has 1 aromatic carbocycles. The van der Waals surface area contributed by atoms with Gasteiger partial charge in [0.2, 0.25) is 5.83 Å². The van der Waals surface area contributed by atoms with Gasteiger partial charge in [-0.1, -0.05) is 12.1 Å². The van der Waals surface area contributed by atoms with Gasteiger partial charge in [-0.2, -0.15) is 17.6 Å². The molecule has 0 radical (unpaired) electrons. The third-order valence-corrected chi connectivity index (χ3v) is 1.98. The highest BCUT2D eigenvalue weighted by Crippen LogP contribution is 2.30. The minimum absolute atomic E-state index is 0.0112. The van der Waals surface area contributed by atoms with Crippen molar-refractivity contribution in [3.63, 3.8) is 0 Å². The van der Waals surface area contributed by atoms with Crippen LogP contribution in [0.2, 0.25) is 0 Å². The maximum absolute atomic E-state index is 13.2. The SMILES string of the molecule is CCOC(=O)/C(F)=C/c1cccc(C(F)(F)F)c1. The second-order valence-electron chi connectivity index (χ2n) is 3.34. The molecule has 0 amide bonds. The number of carbonyl (C=O) groups excluding carboxylic acids is 1. The van der Waals surface area contributed by atoms with Crippen LogP contribution in [-0.4, -0.2) is 12.6 Å². The average molecular weight is 262 g/mol.